The highest BCUT2D eigenvalue weighted by molar-refractivity contribution is 6.38. The molecule has 0 unspecified atom stereocenters. The molecule has 184 valence electrons. The lowest BCUT2D eigenvalue weighted by atomic mass is 9.94. The van der Waals surface area contributed by atoms with Gasteiger partial charge < -0.3 is 20.3 Å². The summed E-state index contributed by atoms with van der Waals surface area (Å²) in [7, 11) is 2.16. The molecule has 1 fully saturated rings. The van der Waals surface area contributed by atoms with Gasteiger partial charge in [-0.2, -0.15) is 0 Å². The molecule has 0 spiro atoms. The molecular formula is C26H38N6O2. The molecule has 0 aliphatic carbocycles. The van der Waals surface area contributed by atoms with E-state index >= 15 is 0 Å². The first-order valence-corrected chi connectivity index (χ1v) is 12.1. The number of amides is 1. The van der Waals surface area contributed by atoms with Gasteiger partial charge in [-0.1, -0.05) is 6.07 Å². The molecule has 3 rings (SSSR count). The van der Waals surface area contributed by atoms with E-state index in [1.54, 1.807) is 6.92 Å². The van der Waals surface area contributed by atoms with Crippen molar-refractivity contribution < 1.29 is 9.53 Å². The van der Waals surface area contributed by atoms with E-state index in [-0.39, 0.29) is 12.0 Å². The zero-order valence-electron chi connectivity index (χ0n) is 21.3. The smallest absolute Gasteiger partial charge is 0.265 e. The van der Waals surface area contributed by atoms with Gasteiger partial charge in [0.15, 0.2) is 5.82 Å². The van der Waals surface area contributed by atoms with E-state index in [0.717, 1.165) is 36.5 Å². The fourth-order valence-electron chi connectivity index (χ4n) is 3.99. The molecule has 0 radical (unpaired) electrons. The van der Waals surface area contributed by atoms with Crippen LogP contribution in [0, 0.1) is 19.8 Å². The van der Waals surface area contributed by atoms with Crippen LogP contribution in [0.2, 0.25) is 0 Å². The molecule has 0 atom stereocenters. The Kier molecular flexibility index (Phi) is 8.98. The minimum absolute atomic E-state index is 0.0347. The summed E-state index contributed by atoms with van der Waals surface area (Å²) < 4.78 is 5.98. The number of aliphatic imine (C=N–C) groups is 1. The number of nitrogens with one attached hydrogen (secondary N) is 2. The van der Waals surface area contributed by atoms with Crippen molar-refractivity contribution >= 4 is 28.8 Å². The number of aromatic nitrogens is 2. The second-order valence-electron chi connectivity index (χ2n) is 9.44. The van der Waals surface area contributed by atoms with Crippen molar-refractivity contribution in [1.29, 1.82) is 0 Å². The second-order valence-corrected chi connectivity index (χ2v) is 9.44. The molecule has 1 aliphatic heterocycles. The molecule has 2 aromatic rings. The maximum absolute atomic E-state index is 12.7. The molecule has 1 aromatic carbocycles. The maximum atomic E-state index is 12.7. The summed E-state index contributed by atoms with van der Waals surface area (Å²) in [4.78, 5) is 28.4. The summed E-state index contributed by atoms with van der Waals surface area (Å²) in [6.45, 7) is 12.5. The van der Waals surface area contributed by atoms with Crippen LogP contribution in [0.15, 0.2) is 29.5 Å². The summed E-state index contributed by atoms with van der Waals surface area (Å²) in [5.41, 5.74) is 3.50. The normalized spacial score (nSPS) is 15.4. The summed E-state index contributed by atoms with van der Waals surface area (Å²) in [6, 6.07) is 5.96. The lowest BCUT2D eigenvalue weighted by Crippen LogP contribution is -2.34. The molecule has 8 nitrogen and oxygen atoms in total. The van der Waals surface area contributed by atoms with Gasteiger partial charge in [-0.25, -0.2) is 15.0 Å². The van der Waals surface area contributed by atoms with E-state index in [9.17, 15) is 4.79 Å². The fraction of sp³-hybridized carbons (Fsp3) is 0.538. The molecule has 34 heavy (non-hydrogen) atoms. The Morgan fingerprint density at radius 1 is 1.24 bits per heavy atom. The summed E-state index contributed by atoms with van der Waals surface area (Å²) in [5.74, 6) is 1.78. The zero-order valence-corrected chi connectivity index (χ0v) is 21.3. The van der Waals surface area contributed by atoms with E-state index < -0.39 is 0 Å². The fourth-order valence-corrected chi connectivity index (χ4v) is 3.99. The third-order valence-corrected chi connectivity index (χ3v) is 6.04. The Bertz CT molecular complexity index is 1010. The van der Waals surface area contributed by atoms with Crippen molar-refractivity contribution in [1.82, 2.24) is 20.2 Å². The van der Waals surface area contributed by atoms with E-state index in [0.29, 0.717) is 35.4 Å². The number of hydrogen-bond donors (Lipinski definition) is 2. The Morgan fingerprint density at radius 2 is 1.97 bits per heavy atom. The Morgan fingerprint density at radius 3 is 2.68 bits per heavy atom. The molecule has 1 aromatic heterocycles. The number of piperidine rings is 1. The number of benzene rings is 1. The largest absolute Gasteiger partial charge is 0.489 e. The van der Waals surface area contributed by atoms with Crippen LogP contribution in [0.3, 0.4) is 0 Å². The molecule has 2 N–H and O–H groups in total. The SMILES string of the molecule is C/C(=N\c1c(C)ncnc1Nc1ccc(C)cc1OC(C)C)C(=O)NCCC1CCN(C)CC1. The van der Waals surface area contributed by atoms with Crippen molar-refractivity contribution in [2.75, 3.05) is 32.0 Å². The van der Waals surface area contributed by atoms with Gasteiger partial charge in [0.05, 0.1) is 17.5 Å². The lowest BCUT2D eigenvalue weighted by molar-refractivity contribution is -0.114. The summed E-state index contributed by atoms with van der Waals surface area (Å²) in [5, 5.41) is 6.35. The van der Waals surface area contributed by atoms with E-state index in [1.807, 2.05) is 45.9 Å². The second kappa shape index (κ2) is 11.9. The molecule has 8 heteroatoms. The number of likely N-dealkylation sites (tertiary alicyclic amines) is 1. The number of nitrogens with zero attached hydrogens (tertiary/aromatic N) is 4. The van der Waals surface area contributed by atoms with Crippen LogP contribution in [0.25, 0.3) is 0 Å². The molecule has 1 amide bonds. The van der Waals surface area contributed by atoms with E-state index in [2.05, 4.69) is 37.5 Å². The van der Waals surface area contributed by atoms with Crippen LogP contribution in [0.1, 0.15) is 51.3 Å². The van der Waals surface area contributed by atoms with Crippen molar-refractivity contribution in [3.8, 4) is 5.75 Å². The van der Waals surface area contributed by atoms with Gasteiger partial charge in [-0.05, 0) is 97.6 Å². The lowest BCUT2D eigenvalue weighted by Gasteiger charge is -2.28. The van der Waals surface area contributed by atoms with Crippen LogP contribution in [0.5, 0.6) is 5.75 Å². The van der Waals surface area contributed by atoms with Gasteiger partial charge in [-0.3, -0.25) is 4.79 Å². The molecule has 2 heterocycles. The maximum Gasteiger partial charge on any atom is 0.265 e. The molecular weight excluding hydrogens is 428 g/mol. The Balaban J connectivity index is 1.71. The average molecular weight is 467 g/mol. The average Bonchev–Trinajstić information content (AvgIpc) is 2.78. The van der Waals surface area contributed by atoms with Gasteiger partial charge in [0.25, 0.3) is 5.91 Å². The highest BCUT2D eigenvalue weighted by Gasteiger charge is 2.18. The topological polar surface area (TPSA) is 91.7 Å². The minimum atomic E-state index is -0.165. The number of anilines is 2. The van der Waals surface area contributed by atoms with Crippen LogP contribution >= 0.6 is 0 Å². The van der Waals surface area contributed by atoms with Gasteiger partial charge in [-0.15, -0.1) is 0 Å². The van der Waals surface area contributed by atoms with Crippen LogP contribution in [-0.2, 0) is 4.79 Å². The first-order chi connectivity index (χ1) is 16.2. The molecule has 0 bridgehead atoms. The monoisotopic (exact) mass is 466 g/mol. The van der Waals surface area contributed by atoms with Gasteiger partial charge in [0, 0.05) is 6.54 Å². The van der Waals surface area contributed by atoms with Gasteiger partial charge >= 0.3 is 0 Å². The molecule has 0 saturated carbocycles. The summed E-state index contributed by atoms with van der Waals surface area (Å²) >= 11 is 0. The number of rotatable bonds is 9. The van der Waals surface area contributed by atoms with Crippen molar-refractivity contribution in [3.63, 3.8) is 0 Å². The van der Waals surface area contributed by atoms with Gasteiger partial charge in [0.1, 0.15) is 23.5 Å². The predicted octanol–water partition coefficient (Wildman–Crippen LogP) is 4.56. The highest BCUT2D eigenvalue weighted by Crippen LogP contribution is 2.33. The van der Waals surface area contributed by atoms with Crippen LogP contribution < -0.4 is 15.4 Å². The Labute approximate surface area is 203 Å². The number of ether oxygens (including phenoxy) is 1. The zero-order chi connectivity index (χ0) is 24.7. The van der Waals surface area contributed by atoms with Crippen LogP contribution in [-0.4, -0.2) is 59.3 Å². The molecule has 1 aliphatic rings. The minimum Gasteiger partial charge on any atom is -0.489 e. The van der Waals surface area contributed by atoms with Crippen molar-refractivity contribution in [3.05, 3.63) is 35.8 Å². The third-order valence-electron chi connectivity index (χ3n) is 6.04. The molecule has 1 saturated heterocycles. The number of carbonyl (C=O) groups excluding carboxylic acids is 1. The van der Waals surface area contributed by atoms with Crippen LogP contribution in [0.4, 0.5) is 17.2 Å². The quantitative estimate of drug-likeness (QED) is 0.526. The van der Waals surface area contributed by atoms with E-state index in [4.69, 9.17) is 4.74 Å². The van der Waals surface area contributed by atoms with E-state index in [1.165, 1.54) is 19.2 Å². The van der Waals surface area contributed by atoms with Gasteiger partial charge in [0.2, 0.25) is 0 Å². The summed E-state index contributed by atoms with van der Waals surface area (Å²) in [6.07, 6.45) is 4.91. The van der Waals surface area contributed by atoms with Crippen molar-refractivity contribution in [2.24, 2.45) is 10.9 Å². The predicted molar refractivity (Wildman–Crippen MR) is 138 cm³/mol. The highest BCUT2D eigenvalue weighted by atomic mass is 16.5. The number of hydrogen-bond acceptors (Lipinski definition) is 7. The standard InChI is InChI=1S/C26H38N6O2/c1-17(2)34-23-15-18(3)7-8-22(23)31-25-24(19(4)28-16-29-25)30-20(5)26(33)27-12-9-21-10-13-32(6)14-11-21/h7-8,15-17,21H,9-14H2,1-6H3,(H,27,33)(H,28,29,31)/b30-20+. The first-order valence-electron chi connectivity index (χ1n) is 12.1. The number of aryl methyl sites for hydroxylation is 2. The van der Waals surface area contributed by atoms with Crippen molar-refractivity contribution in [2.45, 2.75) is 60.0 Å². The Hall–Kier alpha value is -3.00. The third kappa shape index (κ3) is 7.25. The number of carbonyl (C=O) groups is 1. The first kappa shape index (κ1) is 25.6.